The molecule has 0 aromatic heterocycles. The molecule has 0 aliphatic carbocycles. The zero-order valence-corrected chi connectivity index (χ0v) is 14.1. The number of rotatable bonds is 3. The number of amides is 1. The topological polar surface area (TPSA) is 51.1 Å². The molecule has 0 saturated carbocycles. The lowest BCUT2D eigenvalue weighted by Gasteiger charge is -2.30. The van der Waals surface area contributed by atoms with Crippen LogP contribution in [0.4, 0.5) is 5.69 Å². The molecular weight excluding hydrogens is 316 g/mol. The van der Waals surface area contributed by atoms with E-state index in [0.29, 0.717) is 6.42 Å². The van der Waals surface area contributed by atoms with Gasteiger partial charge in [0.05, 0.1) is 12.8 Å². The van der Waals surface area contributed by atoms with Crippen LogP contribution in [0.25, 0.3) is 0 Å². The predicted octanol–water partition coefficient (Wildman–Crippen LogP) is 3.17. The van der Waals surface area contributed by atoms with Crippen molar-refractivity contribution >= 4 is 17.3 Å². The molecule has 2 aromatic carbocycles. The summed E-state index contributed by atoms with van der Waals surface area (Å²) in [7, 11) is 1.63. The number of anilines is 1. The molecule has 2 heterocycles. The van der Waals surface area contributed by atoms with Gasteiger partial charge >= 0.3 is 0 Å². The highest BCUT2D eigenvalue weighted by Crippen LogP contribution is 2.30. The van der Waals surface area contributed by atoms with Crippen molar-refractivity contribution in [3.63, 3.8) is 0 Å². The van der Waals surface area contributed by atoms with Crippen LogP contribution in [0.15, 0.2) is 53.7 Å². The SMILES string of the molecule is COc1ccccc1C1=NO[C@H](C(=O)N2CCCc3ccccc32)C1. The van der Waals surface area contributed by atoms with Crippen LogP contribution in [0.3, 0.4) is 0 Å². The molecule has 0 saturated heterocycles. The first-order valence-corrected chi connectivity index (χ1v) is 8.53. The zero-order chi connectivity index (χ0) is 17.2. The molecule has 0 spiro atoms. The molecule has 1 atom stereocenters. The molecular formula is C20H20N2O3. The van der Waals surface area contributed by atoms with Crippen molar-refractivity contribution in [3.05, 3.63) is 59.7 Å². The van der Waals surface area contributed by atoms with E-state index in [4.69, 9.17) is 9.57 Å². The summed E-state index contributed by atoms with van der Waals surface area (Å²) in [6, 6.07) is 15.7. The first kappa shape index (κ1) is 15.7. The number of para-hydroxylation sites is 2. The first-order chi connectivity index (χ1) is 12.3. The number of methoxy groups -OCH3 is 1. The Bertz CT molecular complexity index is 831. The van der Waals surface area contributed by atoms with E-state index in [1.807, 2.05) is 47.4 Å². The summed E-state index contributed by atoms with van der Waals surface area (Å²) >= 11 is 0. The van der Waals surface area contributed by atoms with Gasteiger partial charge in [-0.15, -0.1) is 0 Å². The van der Waals surface area contributed by atoms with Gasteiger partial charge in [-0.3, -0.25) is 4.79 Å². The maximum absolute atomic E-state index is 13.0. The van der Waals surface area contributed by atoms with E-state index in [1.165, 1.54) is 5.56 Å². The van der Waals surface area contributed by atoms with E-state index in [1.54, 1.807) is 7.11 Å². The van der Waals surface area contributed by atoms with Gasteiger partial charge in [-0.2, -0.15) is 0 Å². The molecule has 0 radical (unpaired) electrons. The molecule has 2 aromatic rings. The van der Waals surface area contributed by atoms with Crippen molar-refractivity contribution in [3.8, 4) is 5.75 Å². The van der Waals surface area contributed by atoms with Crippen molar-refractivity contribution in [2.45, 2.75) is 25.4 Å². The molecule has 5 heteroatoms. The molecule has 128 valence electrons. The largest absolute Gasteiger partial charge is 0.496 e. The molecule has 0 bridgehead atoms. The highest BCUT2D eigenvalue weighted by atomic mass is 16.6. The molecule has 0 unspecified atom stereocenters. The summed E-state index contributed by atoms with van der Waals surface area (Å²) in [5, 5.41) is 4.16. The number of oxime groups is 1. The lowest BCUT2D eigenvalue weighted by Crippen LogP contribution is -2.42. The number of fused-ring (bicyclic) bond motifs is 1. The molecule has 0 N–H and O–H groups in total. The van der Waals surface area contributed by atoms with Crippen LogP contribution < -0.4 is 9.64 Å². The fraction of sp³-hybridized carbons (Fsp3) is 0.300. The summed E-state index contributed by atoms with van der Waals surface area (Å²) in [4.78, 5) is 20.3. The highest BCUT2D eigenvalue weighted by molar-refractivity contribution is 6.08. The second-order valence-corrected chi connectivity index (χ2v) is 6.26. The highest BCUT2D eigenvalue weighted by Gasteiger charge is 2.35. The third kappa shape index (κ3) is 2.86. The molecule has 0 fully saturated rings. The quantitative estimate of drug-likeness (QED) is 0.865. The number of aryl methyl sites for hydroxylation is 1. The van der Waals surface area contributed by atoms with Crippen molar-refractivity contribution in [2.75, 3.05) is 18.6 Å². The van der Waals surface area contributed by atoms with Gasteiger partial charge in [0.1, 0.15) is 5.75 Å². The monoisotopic (exact) mass is 336 g/mol. The van der Waals surface area contributed by atoms with E-state index in [9.17, 15) is 4.79 Å². The van der Waals surface area contributed by atoms with Crippen LogP contribution >= 0.6 is 0 Å². The summed E-state index contributed by atoms with van der Waals surface area (Å²) in [5.74, 6) is 0.710. The van der Waals surface area contributed by atoms with E-state index in [-0.39, 0.29) is 5.91 Å². The van der Waals surface area contributed by atoms with Gasteiger partial charge in [0.25, 0.3) is 5.91 Å². The standard InChI is InChI=1S/C20H20N2O3/c1-24-18-11-5-3-9-15(18)16-13-19(25-21-16)20(23)22-12-6-8-14-7-2-4-10-17(14)22/h2-5,7,9-11,19H,6,8,12-13H2,1H3/t19-/m0/s1. The average Bonchev–Trinajstić information content (AvgIpc) is 3.17. The van der Waals surface area contributed by atoms with E-state index in [2.05, 4.69) is 11.2 Å². The van der Waals surface area contributed by atoms with Gasteiger partial charge in [0.15, 0.2) is 0 Å². The molecule has 4 rings (SSSR count). The fourth-order valence-corrected chi connectivity index (χ4v) is 3.49. The summed E-state index contributed by atoms with van der Waals surface area (Å²) < 4.78 is 5.38. The van der Waals surface area contributed by atoms with Crippen molar-refractivity contribution in [1.82, 2.24) is 0 Å². The number of benzene rings is 2. The van der Waals surface area contributed by atoms with E-state index in [0.717, 1.165) is 42.1 Å². The Labute approximate surface area is 146 Å². The minimum absolute atomic E-state index is 0.0270. The van der Waals surface area contributed by atoms with Crippen LogP contribution in [-0.2, 0) is 16.1 Å². The minimum Gasteiger partial charge on any atom is -0.496 e. The second-order valence-electron chi connectivity index (χ2n) is 6.26. The molecule has 2 aliphatic rings. The van der Waals surface area contributed by atoms with Crippen LogP contribution in [0, 0.1) is 0 Å². The van der Waals surface area contributed by atoms with Gasteiger partial charge in [-0.1, -0.05) is 35.5 Å². The summed E-state index contributed by atoms with van der Waals surface area (Å²) in [6.07, 6.45) is 1.85. The molecule has 5 nitrogen and oxygen atoms in total. The lowest BCUT2D eigenvalue weighted by atomic mass is 9.99. The smallest absolute Gasteiger partial charge is 0.271 e. The predicted molar refractivity (Wildman–Crippen MR) is 96.1 cm³/mol. The Morgan fingerprint density at radius 3 is 2.88 bits per heavy atom. The van der Waals surface area contributed by atoms with Gasteiger partial charge in [-0.25, -0.2) is 0 Å². The number of nitrogens with zero attached hydrogens (tertiary/aromatic N) is 2. The number of carbonyl (C=O) groups excluding carboxylic acids is 1. The van der Waals surface area contributed by atoms with Crippen LogP contribution in [0.1, 0.15) is 24.0 Å². The maximum atomic E-state index is 13.0. The van der Waals surface area contributed by atoms with Crippen LogP contribution in [0.5, 0.6) is 5.75 Å². The van der Waals surface area contributed by atoms with E-state index < -0.39 is 6.10 Å². The van der Waals surface area contributed by atoms with Gasteiger partial charge in [-0.05, 0) is 36.6 Å². The van der Waals surface area contributed by atoms with Crippen LogP contribution in [0.2, 0.25) is 0 Å². The molecule has 2 aliphatic heterocycles. The first-order valence-electron chi connectivity index (χ1n) is 8.53. The van der Waals surface area contributed by atoms with Crippen molar-refractivity contribution < 1.29 is 14.4 Å². The Morgan fingerprint density at radius 1 is 1.20 bits per heavy atom. The van der Waals surface area contributed by atoms with Gasteiger partial charge in [0.2, 0.25) is 6.10 Å². The molecule has 25 heavy (non-hydrogen) atoms. The zero-order valence-electron chi connectivity index (χ0n) is 14.1. The summed E-state index contributed by atoms with van der Waals surface area (Å²) in [5.41, 5.74) is 3.83. The third-order valence-electron chi connectivity index (χ3n) is 4.74. The second kappa shape index (κ2) is 6.59. The number of hydrogen-bond donors (Lipinski definition) is 0. The Kier molecular flexibility index (Phi) is 4.14. The Morgan fingerprint density at radius 2 is 2.00 bits per heavy atom. The van der Waals surface area contributed by atoms with Crippen molar-refractivity contribution in [2.24, 2.45) is 5.16 Å². The number of hydrogen-bond acceptors (Lipinski definition) is 4. The Balaban J connectivity index is 1.53. The van der Waals surface area contributed by atoms with Crippen LogP contribution in [-0.4, -0.2) is 31.4 Å². The van der Waals surface area contributed by atoms with Gasteiger partial charge in [0, 0.05) is 24.2 Å². The average molecular weight is 336 g/mol. The summed E-state index contributed by atoms with van der Waals surface area (Å²) in [6.45, 7) is 0.722. The van der Waals surface area contributed by atoms with Gasteiger partial charge < -0.3 is 14.5 Å². The Hall–Kier alpha value is -2.82. The maximum Gasteiger partial charge on any atom is 0.271 e. The molecule has 1 amide bonds. The van der Waals surface area contributed by atoms with E-state index >= 15 is 0 Å². The third-order valence-corrected chi connectivity index (χ3v) is 4.74. The fourth-order valence-electron chi connectivity index (χ4n) is 3.49. The normalized spacial score (nSPS) is 19.0. The number of ether oxygens (including phenoxy) is 1. The lowest BCUT2D eigenvalue weighted by molar-refractivity contribution is -0.128. The number of carbonyl (C=O) groups is 1. The van der Waals surface area contributed by atoms with Crippen molar-refractivity contribution in [1.29, 1.82) is 0 Å². The minimum atomic E-state index is -0.578.